The van der Waals surface area contributed by atoms with E-state index >= 15 is 0 Å². The molecule has 0 spiro atoms. The van der Waals surface area contributed by atoms with Crippen molar-refractivity contribution in [2.75, 3.05) is 12.4 Å². The van der Waals surface area contributed by atoms with E-state index in [1.54, 1.807) is 23.9 Å². The number of aromatic nitrogens is 3. The lowest BCUT2D eigenvalue weighted by Crippen LogP contribution is -2.33. The van der Waals surface area contributed by atoms with Gasteiger partial charge in [0.25, 0.3) is 0 Å². The van der Waals surface area contributed by atoms with Crippen LogP contribution in [0.3, 0.4) is 0 Å². The van der Waals surface area contributed by atoms with Crippen molar-refractivity contribution in [1.82, 2.24) is 14.8 Å². The number of aromatic hydroxyl groups is 1. The highest BCUT2D eigenvalue weighted by Crippen LogP contribution is 2.45. The fraction of sp³-hybridized carbons (Fsp3) is 0.227. The fourth-order valence-electron chi connectivity index (χ4n) is 4.32. The fourth-order valence-corrected chi connectivity index (χ4v) is 4.32. The number of para-hydroxylation sites is 1. The van der Waals surface area contributed by atoms with Crippen LogP contribution in [0.4, 0.5) is 5.95 Å². The zero-order valence-electron chi connectivity index (χ0n) is 15.9. The number of hydrogen-bond donors (Lipinski definition) is 2. The summed E-state index contributed by atoms with van der Waals surface area (Å²) in [5.74, 6) is 1.50. The molecule has 1 aliphatic carbocycles. The molecule has 0 saturated heterocycles. The quantitative estimate of drug-likeness (QED) is 0.715. The maximum absolute atomic E-state index is 13.3. The molecule has 7 nitrogen and oxygen atoms in total. The topological polar surface area (TPSA) is 89.3 Å². The Morgan fingerprint density at radius 3 is 2.86 bits per heavy atom. The van der Waals surface area contributed by atoms with E-state index in [4.69, 9.17) is 4.74 Å². The van der Waals surface area contributed by atoms with Crippen LogP contribution in [0.15, 0.2) is 66.1 Å². The van der Waals surface area contributed by atoms with E-state index in [1.165, 1.54) is 6.33 Å². The van der Waals surface area contributed by atoms with Gasteiger partial charge in [-0.1, -0.05) is 30.3 Å². The SMILES string of the molecule is COc1cccc([C@H]2C3=C(C[C@@H](c4ccccc4O)CC3=O)Nc3ncnn32)c1. The van der Waals surface area contributed by atoms with Crippen molar-refractivity contribution in [2.24, 2.45) is 0 Å². The number of benzene rings is 2. The Morgan fingerprint density at radius 2 is 2.03 bits per heavy atom. The van der Waals surface area contributed by atoms with Crippen molar-refractivity contribution < 1.29 is 14.6 Å². The molecule has 0 unspecified atom stereocenters. The number of rotatable bonds is 3. The number of Topliss-reactive ketones (excluding diaryl/α,β-unsaturated/α-hetero) is 1. The highest BCUT2D eigenvalue weighted by atomic mass is 16.5. The van der Waals surface area contributed by atoms with Gasteiger partial charge in [-0.15, -0.1) is 0 Å². The zero-order chi connectivity index (χ0) is 20.0. The number of ether oxygens (including phenoxy) is 1. The van der Waals surface area contributed by atoms with Gasteiger partial charge in [0.15, 0.2) is 5.78 Å². The molecule has 0 fully saturated rings. The molecule has 0 radical (unpaired) electrons. The molecule has 0 bridgehead atoms. The van der Waals surface area contributed by atoms with Crippen LogP contribution in [0.5, 0.6) is 11.5 Å². The van der Waals surface area contributed by atoms with Gasteiger partial charge in [0.05, 0.1) is 7.11 Å². The number of carbonyl (C=O) groups excluding carboxylic acids is 1. The summed E-state index contributed by atoms with van der Waals surface area (Å²) in [6.07, 6.45) is 2.44. The minimum Gasteiger partial charge on any atom is -0.508 e. The van der Waals surface area contributed by atoms with Crippen LogP contribution in [-0.2, 0) is 4.79 Å². The number of allylic oxidation sites excluding steroid dienone is 2. The van der Waals surface area contributed by atoms with E-state index in [0.29, 0.717) is 24.4 Å². The summed E-state index contributed by atoms with van der Waals surface area (Å²) in [6, 6.07) is 14.5. The predicted octanol–water partition coefficient (Wildman–Crippen LogP) is 3.41. The van der Waals surface area contributed by atoms with Crippen molar-refractivity contribution in [3.63, 3.8) is 0 Å². The number of carbonyl (C=O) groups is 1. The first-order chi connectivity index (χ1) is 14.2. The van der Waals surface area contributed by atoms with Crippen LogP contribution in [0.2, 0.25) is 0 Å². The second-order valence-electron chi connectivity index (χ2n) is 7.31. The van der Waals surface area contributed by atoms with E-state index in [2.05, 4.69) is 15.4 Å². The normalized spacial score (nSPS) is 20.7. The number of hydrogen-bond acceptors (Lipinski definition) is 6. The standard InChI is InChI=1S/C22H20N4O3/c1-29-15-6-4-5-13(9-15)21-20-17(25-22-23-12-24-26(21)22)10-14(11-19(20)28)16-7-2-3-8-18(16)27/h2-9,12,14,21,27H,10-11H2,1H3,(H,23,24,25)/t14-,21+/m1/s1. The molecular formula is C22H20N4O3. The first kappa shape index (κ1) is 17.5. The minimum atomic E-state index is -0.364. The third-order valence-electron chi connectivity index (χ3n) is 5.65. The lowest BCUT2D eigenvalue weighted by Gasteiger charge is -2.35. The lowest BCUT2D eigenvalue weighted by molar-refractivity contribution is -0.116. The van der Waals surface area contributed by atoms with Gasteiger partial charge < -0.3 is 15.2 Å². The van der Waals surface area contributed by atoms with Gasteiger partial charge in [0, 0.05) is 23.6 Å². The van der Waals surface area contributed by atoms with Gasteiger partial charge in [-0.3, -0.25) is 4.79 Å². The maximum atomic E-state index is 13.3. The smallest absolute Gasteiger partial charge is 0.226 e. The Balaban J connectivity index is 1.61. The van der Waals surface area contributed by atoms with E-state index in [-0.39, 0.29) is 23.5 Å². The average Bonchev–Trinajstić information content (AvgIpc) is 3.20. The summed E-state index contributed by atoms with van der Waals surface area (Å²) in [7, 11) is 1.62. The number of fused-ring (bicyclic) bond motifs is 1. The highest BCUT2D eigenvalue weighted by Gasteiger charge is 2.39. The monoisotopic (exact) mass is 388 g/mol. The molecule has 2 aromatic carbocycles. The Bertz CT molecular complexity index is 1130. The lowest BCUT2D eigenvalue weighted by atomic mass is 9.77. The number of nitrogens with one attached hydrogen (secondary N) is 1. The molecule has 1 aromatic heterocycles. The molecule has 0 amide bonds. The summed E-state index contributed by atoms with van der Waals surface area (Å²) in [4.78, 5) is 17.6. The summed E-state index contributed by atoms with van der Waals surface area (Å²) in [5, 5.41) is 17.9. The molecular weight excluding hydrogens is 368 g/mol. The molecule has 7 heteroatoms. The molecule has 29 heavy (non-hydrogen) atoms. The van der Waals surface area contributed by atoms with Crippen molar-refractivity contribution in [3.8, 4) is 11.5 Å². The largest absolute Gasteiger partial charge is 0.508 e. The van der Waals surface area contributed by atoms with Gasteiger partial charge in [0.1, 0.15) is 23.9 Å². The summed E-state index contributed by atoms with van der Waals surface area (Å²) in [5.41, 5.74) is 3.24. The number of phenols is 1. The Morgan fingerprint density at radius 1 is 1.17 bits per heavy atom. The van der Waals surface area contributed by atoms with Crippen LogP contribution in [0.25, 0.3) is 0 Å². The van der Waals surface area contributed by atoms with Gasteiger partial charge in [-0.25, -0.2) is 4.68 Å². The number of phenolic OH excluding ortho intramolecular Hbond substituents is 1. The van der Waals surface area contributed by atoms with Gasteiger partial charge in [-0.05, 0) is 35.7 Å². The first-order valence-electron chi connectivity index (χ1n) is 9.50. The van der Waals surface area contributed by atoms with Crippen molar-refractivity contribution >= 4 is 11.7 Å². The molecule has 2 N–H and O–H groups in total. The third kappa shape index (κ3) is 2.86. The second kappa shape index (κ2) is 6.77. The molecule has 5 rings (SSSR count). The van der Waals surface area contributed by atoms with E-state index in [0.717, 1.165) is 22.6 Å². The van der Waals surface area contributed by atoms with E-state index < -0.39 is 0 Å². The second-order valence-corrected chi connectivity index (χ2v) is 7.31. The average molecular weight is 388 g/mol. The molecule has 2 heterocycles. The Labute approximate surface area is 167 Å². The molecule has 1 aliphatic heterocycles. The van der Waals surface area contributed by atoms with Crippen LogP contribution in [0, 0.1) is 0 Å². The minimum absolute atomic E-state index is 0.0426. The van der Waals surface area contributed by atoms with Crippen LogP contribution >= 0.6 is 0 Å². The van der Waals surface area contributed by atoms with Crippen LogP contribution in [-0.4, -0.2) is 32.8 Å². The Kier molecular flexibility index (Phi) is 4.08. The van der Waals surface area contributed by atoms with E-state index in [1.807, 2.05) is 36.4 Å². The van der Waals surface area contributed by atoms with Crippen LogP contribution in [0.1, 0.15) is 35.9 Å². The third-order valence-corrected chi connectivity index (χ3v) is 5.65. The first-order valence-corrected chi connectivity index (χ1v) is 9.50. The van der Waals surface area contributed by atoms with Crippen molar-refractivity contribution in [2.45, 2.75) is 24.8 Å². The zero-order valence-corrected chi connectivity index (χ0v) is 15.9. The van der Waals surface area contributed by atoms with Crippen molar-refractivity contribution in [3.05, 3.63) is 77.3 Å². The molecule has 2 atom stereocenters. The summed E-state index contributed by atoms with van der Waals surface area (Å²) < 4.78 is 7.12. The Hall–Kier alpha value is -3.61. The van der Waals surface area contributed by atoms with Gasteiger partial charge in [0.2, 0.25) is 5.95 Å². The molecule has 3 aromatic rings. The number of nitrogens with zero attached hydrogens (tertiary/aromatic N) is 3. The maximum Gasteiger partial charge on any atom is 0.226 e. The van der Waals surface area contributed by atoms with Crippen molar-refractivity contribution in [1.29, 1.82) is 0 Å². The van der Waals surface area contributed by atoms with Gasteiger partial charge >= 0.3 is 0 Å². The van der Waals surface area contributed by atoms with Crippen LogP contribution < -0.4 is 10.1 Å². The van der Waals surface area contributed by atoms with Gasteiger partial charge in [-0.2, -0.15) is 10.1 Å². The summed E-state index contributed by atoms with van der Waals surface area (Å²) in [6.45, 7) is 0. The summed E-state index contributed by atoms with van der Waals surface area (Å²) >= 11 is 0. The molecule has 146 valence electrons. The molecule has 0 saturated carbocycles. The number of methoxy groups -OCH3 is 1. The predicted molar refractivity (Wildman–Crippen MR) is 107 cm³/mol. The molecule has 2 aliphatic rings. The van der Waals surface area contributed by atoms with E-state index in [9.17, 15) is 9.90 Å². The number of ketones is 1. The highest BCUT2D eigenvalue weighted by molar-refractivity contribution is 6.00. The number of anilines is 1.